The fourth-order valence-corrected chi connectivity index (χ4v) is 3.21. The van der Waals surface area contributed by atoms with Crippen molar-refractivity contribution >= 4 is 28.8 Å². The zero-order chi connectivity index (χ0) is 15.2. The Kier molecular flexibility index (Phi) is 5.79. The number of thiophene rings is 1. The summed E-state index contributed by atoms with van der Waals surface area (Å²) in [4.78, 5) is 13.2. The molecular weight excluding hydrogens is 304 g/mol. The van der Waals surface area contributed by atoms with E-state index in [-0.39, 0.29) is 18.0 Å². The summed E-state index contributed by atoms with van der Waals surface area (Å²) in [5.74, 6) is 0.0369. The number of halogens is 1. The Morgan fingerprint density at radius 3 is 2.71 bits per heavy atom. The minimum Gasteiger partial charge on any atom is -0.344 e. The second kappa shape index (κ2) is 7.59. The molecule has 0 unspecified atom stereocenters. The zero-order valence-electron chi connectivity index (χ0n) is 12.2. The van der Waals surface area contributed by atoms with Crippen molar-refractivity contribution in [1.29, 1.82) is 0 Å². The number of hydrogen-bond donors (Lipinski definition) is 2. The second-order valence-electron chi connectivity index (χ2n) is 5.05. The largest absolute Gasteiger partial charge is 0.344 e. The third-order valence-electron chi connectivity index (χ3n) is 3.40. The molecule has 0 aliphatic carbocycles. The highest BCUT2D eigenvalue weighted by Gasteiger charge is 2.16. The number of benzene rings is 1. The summed E-state index contributed by atoms with van der Waals surface area (Å²) in [5, 5.41) is 7.77. The van der Waals surface area contributed by atoms with Gasteiger partial charge in [-0.05, 0) is 31.4 Å². The molecule has 0 saturated heterocycles. The molecular formula is C16H20ClN2OS+. The van der Waals surface area contributed by atoms with Crippen molar-refractivity contribution in [2.45, 2.75) is 25.9 Å². The Hall–Kier alpha value is -1.36. The normalized spacial score (nSPS) is 13.7. The maximum atomic E-state index is 12.0. The van der Waals surface area contributed by atoms with E-state index in [1.807, 2.05) is 54.0 Å². The fraction of sp³-hybridized carbons (Fsp3) is 0.312. The monoisotopic (exact) mass is 323 g/mol. The van der Waals surface area contributed by atoms with Gasteiger partial charge in [-0.2, -0.15) is 0 Å². The number of amides is 1. The Bertz CT molecular complexity index is 586. The van der Waals surface area contributed by atoms with Crippen molar-refractivity contribution in [3.05, 3.63) is 57.2 Å². The molecule has 0 fully saturated rings. The van der Waals surface area contributed by atoms with Crippen molar-refractivity contribution < 1.29 is 10.1 Å². The lowest BCUT2D eigenvalue weighted by Crippen LogP contribution is -2.87. The van der Waals surface area contributed by atoms with Crippen LogP contribution >= 0.6 is 22.9 Å². The SMILES string of the molecule is C[C@H]([NH2+]CC(=O)N[C@H](C)c1cccs1)c1ccccc1Cl. The smallest absolute Gasteiger partial charge is 0.275 e. The predicted molar refractivity (Wildman–Crippen MR) is 87.5 cm³/mol. The van der Waals surface area contributed by atoms with Crippen LogP contribution in [-0.2, 0) is 4.79 Å². The molecule has 3 nitrogen and oxygen atoms in total. The van der Waals surface area contributed by atoms with Crippen LogP contribution in [0.25, 0.3) is 0 Å². The van der Waals surface area contributed by atoms with E-state index in [1.165, 1.54) is 4.88 Å². The van der Waals surface area contributed by atoms with Gasteiger partial charge in [0.1, 0.15) is 6.04 Å². The van der Waals surface area contributed by atoms with Gasteiger partial charge in [0, 0.05) is 15.5 Å². The number of nitrogens with one attached hydrogen (secondary N) is 1. The Balaban J connectivity index is 1.83. The van der Waals surface area contributed by atoms with Gasteiger partial charge in [0.15, 0.2) is 6.54 Å². The van der Waals surface area contributed by atoms with Gasteiger partial charge < -0.3 is 10.6 Å². The molecule has 0 radical (unpaired) electrons. The molecule has 0 aliphatic rings. The molecule has 0 aliphatic heterocycles. The van der Waals surface area contributed by atoms with Crippen LogP contribution in [0.4, 0.5) is 0 Å². The number of nitrogens with two attached hydrogens (primary N) is 1. The van der Waals surface area contributed by atoms with Gasteiger partial charge >= 0.3 is 0 Å². The van der Waals surface area contributed by atoms with Crippen LogP contribution < -0.4 is 10.6 Å². The van der Waals surface area contributed by atoms with Gasteiger partial charge in [-0.15, -0.1) is 11.3 Å². The van der Waals surface area contributed by atoms with Gasteiger partial charge in [-0.1, -0.05) is 35.9 Å². The molecule has 2 atom stereocenters. The van der Waals surface area contributed by atoms with Crippen LogP contribution in [0.15, 0.2) is 41.8 Å². The van der Waals surface area contributed by atoms with Gasteiger partial charge in [-0.3, -0.25) is 4.79 Å². The van der Waals surface area contributed by atoms with Gasteiger partial charge in [0.05, 0.1) is 6.04 Å². The first-order chi connectivity index (χ1) is 10.1. The highest BCUT2D eigenvalue weighted by atomic mass is 35.5. The number of carbonyl (C=O) groups is 1. The molecule has 0 saturated carbocycles. The van der Waals surface area contributed by atoms with Crippen LogP contribution in [0.3, 0.4) is 0 Å². The standard InChI is InChI=1S/C16H19ClN2OS/c1-11(13-6-3-4-7-14(13)17)18-10-16(20)19-12(2)15-8-5-9-21-15/h3-9,11-12,18H,10H2,1-2H3,(H,19,20)/p+1/t11-,12+/m0/s1. The maximum absolute atomic E-state index is 12.0. The van der Waals surface area contributed by atoms with E-state index < -0.39 is 0 Å². The van der Waals surface area contributed by atoms with Gasteiger partial charge in [-0.25, -0.2) is 0 Å². The fourth-order valence-electron chi connectivity index (χ4n) is 2.16. The molecule has 0 spiro atoms. The lowest BCUT2D eigenvalue weighted by atomic mass is 10.1. The second-order valence-corrected chi connectivity index (χ2v) is 6.44. The van der Waals surface area contributed by atoms with Crippen molar-refractivity contribution in [3.8, 4) is 0 Å². The van der Waals surface area contributed by atoms with Crippen molar-refractivity contribution in [1.82, 2.24) is 5.32 Å². The molecule has 21 heavy (non-hydrogen) atoms. The Labute approximate surface area is 134 Å². The predicted octanol–water partition coefficient (Wildman–Crippen LogP) is 2.90. The third-order valence-corrected chi connectivity index (χ3v) is 4.80. The topological polar surface area (TPSA) is 45.7 Å². The van der Waals surface area contributed by atoms with Crippen LogP contribution in [0, 0.1) is 0 Å². The van der Waals surface area contributed by atoms with E-state index in [4.69, 9.17) is 11.6 Å². The zero-order valence-corrected chi connectivity index (χ0v) is 13.7. The number of rotatable bonds is 6. The molecule has 1 amide bonds. The highest BCUT2D eigenvalue weighted by Crippen LogP contribution is 2.19. The summed E-state index contributed by atoms with van der Waals surface area (Å²) in [6.45, 7) is 4.44. The van der Waals surface area contributed by atoms with Crippen LogP contribution in [-0.4, -0.2) is 12.5 Å². The summed E-state index contributed by atoms with van der Waals surface area (Å²) in [6.07, 6.45) is 0. The third kappa shape index (κ3) is 4.56. The molecule has 1 aromatic heterocycles. The van der Waals surface area contributed by atoms with E-state index in [9.17, 15) is 4.79 Å². The first-order valence-corrected chi connectivity index (χ1v) is 8.24. The van der Waals surface area contributed by atoms with Gasteiger partial charge in [0.2, 0.25) is 0 Å². The highest BCUT2D eigenvalue weighted by molar-refractivity contribution is 7.10. The summed E-state index contributed by atoms with van der Waals surface area (Å²) in [7, 11) is 0. The van der Waals surface area contributed by atoms with Crippen LogP contribution in [0.5, 0.6) is 0 Å². The summed E-state index contributed by atoms with van der Waals surface area (Å²) >= 11 is 7.82. The van der Waals surface area contributed by atoms with E-state index >= 15 is 0 Å². The molecule has 0 bridgehead atoms. The first kappa shape index (κ1) is 16.0. The lowest BCUT2D eigenvalue weighted by Gasteiger charge is -2.14. The minimum absolute atomic E-state index is 0.0369. The van der Waals surface area contributed by atoms with Crippen LogP contribution in [0.2, 0.25) is 5.02 Å². The molecule has 112 valence electrons. The van der Waals surface area contributed by atoms with E-state index in [0.717, 1.165) is 10.6 Å². The average Bonchev–Trinajstić information content (AvgIpc) is 2.99. The first-order valence-electron chi connectivity index (χ1n) is 6.98. The molecule has 3 N–H and O–H groups in total. The lowest BCUT2D eigenvalue weighted by molar-refractivity contribution is -0.682. The molecule has 2 aromatic rings. The summed E-state index contributed by atoms with van der Waals surface area (Å²) in [6, 6.07) is 12.0. The van der Waals surface area contributed by atoms with E-state index in [0.29, 0.717) is 6.54 Å². The quantitative estimate of drug-likeness (QED) is 0.843. The molecule has 5 heteroatoms. The van der Waals surface area contributed by atoms with Gasteiger partial charge in [0.25, 0.3) is 5.91 Å². The number of quaternary nitrogens is 1. The summed E-state index contributed by atoms with van der Waals surface area (Å²) in [5.41, 5.74) is 1.05. The van der Waals surface area contributed by atoms with Crippen LogP contribution in [0.1, 0.15) is 36.4 Å². The van der Waals surface area contributed by atoms with Crippen molar-refractivity contribution in [2.75, 3.05) is 6.54 Å². The Morgan fingerprint density at radius 2 is 2.05 bits per heavy atom. The molecule has 1 heterocycles. The van der Waals surface area contributed by atoms with E-state index in [1.54, 1.807) is 11.3 Å². The average molecular weight is 324 g/mol. The number of hydrogen-bond acceptors (Lipinski definition) is 2. The molecule has 1 aromatic carbocycles. The Morgan fingerprint density at radius 1 is 1.29 bits per heavy atom. The molecule has 2 rings (SSSR count). The van der Waals surface area contributed by atoms with E-state index in [2.05, 4.69) is 12.2 Å². The summed E-state index contributed by atoms with van der Waals surface area (Å²) < 4.78 is 0. The minimum atomic E-state index is 0.0369. The van der Waals surface area contributed by atoms with Crippen molar-refractivity contribution in [3.63, 3.8) is 0 Å². The van der Waals surface area contributed by atoms with Crippen molar-refractivity contribution in [2.24, 2.45) is 0 Å². The number of carbonyl (C=O) groups excluding carboxylic acids is 1. The maximum Gasteiger partial charge on any atom is 0.275 e.